The van der Waals surface area contributed by atoms with E-state index in [4.69, 9.17) is 5.11 Å². The van der Waals surface area contributed by atoms with Crippen LogP contribution in [0.5, 0.6) is 0 Å². The van der Waals surface area contributed by atoms with Crippen LogP contribution in [0.15, 0.2) is 24.3 Å². The monoisotopic (exact) mass is 265 g/mol. The number of rotatable bonds is 14. The first-order chi connectivity index (χ1) is 9.41. The van der Waals surface area contributed by atoms with Gasteiger partial charge in [0.2, 0.25) is 0 Å². The summed E-state index contributed by atoms with van der Waals surface area (Å²) in [6.45, 7) is 3.52. The Morgan fingerprint density at radius 2 is 1.16 bits per heavy atom. The van der Waals surface area contributed by atoms with Gasteiger partial charge >= 0.3 is 0 Å². The molecule has 0 unspecified atom stereocenters. The van der Waals surface area contributed by atoms with Crippen molar-refractivity contribution in [2.75, 3.05) is 0 Å². The summed E-state index contributed by atoms with van der Waals surface area (Å²) in [5, 5.41) is 8.53. The molecular formula is C18H33O. The lowest BCUT2D eigenvalue weighted by Gasteiger charge is -1.98. The number of allylic oxidation sites excluding steroid dienone is 4. The molecule has 1 nitrogen and oxygen atoms in total. The van der Waals surface area contributed by atoms with Gasteiger partial charge in [0.25, 0.3) is 0 Å². The lowest BCUT2D eigenvalue weighted by Crippen LogP contribution is -1.80. The van der Waals surface area contributed by atoms with E-state index in [1.165, 1.54) is 64.4 Å². The molecule has 19 heavy (non-hydrogen) atoms. The van der Waals surface area contributed by atoms with Gasteiger partial charge < -0.3 is 5.11 Å². The maximum absolute atomic E-state index is 8.53. The predicted octanol–water partition coefficient (Wildman–Crippen LogP) is 6.33. The topological polar surface area (TPSA) is 20.2 Å². The summed E-state index contributed by atoms with van der Waals surface area (Å²) in [5.74, 6) is 0. The van der Waals surface area contributed by atoms with Crippen molar-refractivity contribution in [1.29, 1.82) is 0 Å². The van der Waals surface area contributed by atoms with Crippen LogP contribution in [-0.4, -0.2) is 5.11 Å². The van der Waals surface area contributed by atoms with Crippen LogP contribution in [0, 0.1) is 6.61 Å². The molecule has 0 saturated heterocycles. The normalized spacial score (nSPS) is 11.9. The van der Waals surface area contributed by atoms with E-state index in [1.807, 2.05) is 0 Å². The van der Waals surface area contributed by atoms with Crippen molar-refractivity contribution in [3.05, 3.63) is 30.9 Å². The zero-order valence-electron chi connectivity index (χ0n) is 12.8. The Balaban J connectivity index is 3.12. The fraction of sp³-hybridized carbons (Fsp3) is 0.722. The highest BCUT2D eigenvalue weighted by Crippen LogP contribution is 2.08. The van der Waals surface area contributed by atoms with Crippen LogP contribution in [-0.2, 0) is 0 Å². The van der Waals surface area contributed by atoms with E-state index in [9.17, 15) is 0 Å². The molecule has 0 aromatic heterocycles. The van der Waals surface area contributed by atoms with Crippen molar-refractivity contribution < 1.29 is 5.11 Å². The summed E-state index contributed by atoms with van der Waals surface area (Å²) in [5.41, 5.74) is 0. The van der Waals surface area contributed by atoms with Crippen LogP contribution in [0.1, 0.15) is 84.0 Å². The molecule has 0 atom stereocenters. The molecule has 0 aliphatic heterocycles. The zero-order chi connectivity index (χ0) is 14.0. The zero-order valence-corrected chi connectivity index (χ0v) is 12.8. The SMILES string of the molecule is CCCCC/C=C\C/C=C\CCCCCCC[CH]O. The van der Waals surface area contributed by atoms with Gasteiger partial charge in [-0.05, 0) is 38.5 Å². The summed E-state index contributed by atoms with van der Waals surface area (Å²) in [7, 11) is 0. The van der Waals surface area contributed by atoms with Crippen molar-refractivity contribution in [3.8, 4) is 0 Å². The Bertz CT molecular complexity index is 206. The van der Waals surface area contributed by atoms with E-state index in [1.54, 1.807) is 0 Å². The molecule has 0 amide bonds. The van der Waals surface area contributed by atoms with Crippen LogP contribution in [0.25, 0.3) is 0 Å². The third-order valence-electron chi connectivity index (χ3n) is 3.28. The van der Waals surface area contributed by atoms with Crippen molar-refractivity contribution >= 4 is 0 Å². The van der Waals surface area contributed by atoms with Crippen molar-refractivity contribution in [1.82, 2.24) is 0 Å². The molecule has 0 aliphatic rings. The Kier molecular flexibility index (Phi) is 16.9. The molecule has 0 aromatic rings. The molecule has 0 saturated carbocycles. The van der Waals surface area contributed by atoms with E-state index in [-0.39, 0.29) is 0 Å². The Labute approximate surface area is 120 Å². The van der Waals surface area contributed by atoms with Gasteiger partial charge in [0, 0.05) is 0 Å². The molecule has 0 spiro atoms. The summed E-state index contributed by atoms with van der Waals surface area (Å²) >= 11 is 0. The Morgan fingerprint density at radius 3 is 1.74 bits per heavy atom. The van der Waals surface area contributed by atoms with Gasteiger partial charge in [0.1, 0.15) is 0 Å². The Hall–Kier alpha value is -0.560. The fourth-order valence-corrected chi connectivity index (χ4v) is 2.05. The van der Waals surface area contributed by atoms with Gasteiger partial charge in [0.15, 0.2) is 0 Å². The van der Waals surface area contributed by atoms with Crippen LogP contribution < -0.4 is 0 Å². The highest BCUT2D eigenvalue weighted by Gasteiger charge is 1.89. The van der Waals surface area contributed by atoms with E-state index < -0.39 is 0 Å². The van der Waals surface area contributed by atoms with E-state index >= 15 is 0 Å². The fourth-order valence-electron chi connectivity index (χ4n) is 2.05. The quantitative estimate of drug-likeness (QED) is 0.287. The standard InChI is InChI=1S/C18H33O/c1-2-3-4-5-6-7-8-9-10-11-12-13-14-15-16-17-18-19/h6-7,9-10,18-19H,2-5,8,11-17H2,1H3/b7-6-,10-9-. The molecule has 0 heterocycles. The molecule has 1 heteroatoms. The van der Waals surface area contributed by atoms with Gasteiger partial charge in [0.05, 0.1) is 6.61 Å². The van der Waals surface area contributed by atoms with Crippen LogP contribution >= 0.6 is 0 Å². The van der Waals surface area contributed by atoms with Crippen molar-refractivity contribution in [2.24, 2.45) is 0 Å². The molecule has 1 N–H and O–H groups in total. The minimum absolute atomic E-state index is 0.852. The Morgan fingerprint density at radius 1 is 0.632 bits per heavy atom. The molecule has 0 aromatic carbocycles. The van der Waals surface area contributed by atoms with E-state index in [0.29, 0.717) is 0 Å². The number of unbranched alkanes of at least 4 members (excludes halogenated alkanes) is 9. The average Bonchev–Trinajstić information content (AvgIpc) is 2.43. The van der Waals surface area contributed by atoms with Crippen molar-refractivity contribution in [3.63, 3.8) is 0 Å². The number of hydrogen-bond acceptors (Lipinski definition) is 1. The largest absolute Gasteiger partial charge is 0.390 e. The van der Waals surface area contributed by atoms with Gasteiger partial charge in [-0.15, -0.1) is 0 Å². The molecular weight excluding hydrogens is 232 g/mol. The number of hydrogen-bond donors (Lipinski definition) is 1. The van der Waals surface area contributed by atoms with Crippen molar-refractivity contribution in [2.45, 2.75) is 84.0 Å². The van der Waals surface area contributed by atoms with Crippen LogP contribution in [0.2, 0.25) is 0 Å². The van der Waals surface area contributed by atoms with Gasteiger partial charge in [-0.3, -0.25) is 0 Å². The lowest BCUT2D eigenvalue weighted by atomic mass is 10.1. The second kappa shape index (κ2) is 17.4. The number of aliphatic hydroxyl groups is 1. The minimum Gasteiger partial charge on any atom is -0.390 e. The maximum atomic E-state index is 8.53. The summed E-state index contributed by atoms with van der Waals surface area (Å²) in [6, 6.07) is 0. The minimum atomic E-state index is 0.852. The first kappa shape index (κ1) is 18.4. The smallest absolute Gasteiger partial charge is 0.0799 e. The highest BCUT2D eigenvalue weighted by atomic mass is 16.2. The second-order valence-electron chi connectivity index (χ2n) is 5.20. The van der Waals surface area contributed by atoms with Crippen LogP contribution in [0.4, 0.5) is 0 Å². The summed E-state index contributed by atoms with van der Waals surface area (Å²) in [6.07, 6.45) is 23.9. The molecule has 0 rings (SSSR count). The van der Waals surface area contributed by atoms with Gasteiger partial charge in [-0.1, -0.05) is 69.8 Å². The molecule has 1 radical (unpaired) electrons. The lowest BCUT2D eigenvalue weighted by molar-refractivity contribution is 0.367. The summed E-state index contributed by atoms with van der Waals surface area (Å²) < 4.78 is 0. The van der Waals surface area contributed by atoms with E-state index in [2.05, 4.69) is 31.2 Å². The van der Waals surface area contributed by atoms with Crippen LogP contribution in [0.3, 0.4) is 0 Å². The molecule has 111 valence electrons. The molecule has 0 bridgehead atoms. The molecule has 0 aliphatic carbocycles. The van der Waals surface area contributed by atoms with Gasteiger partial charge in [-0.2, -0.15) is 0 Å². The average molecular weight is 265 g/mol. The summed E-state index contributed by atoms with van der Waals surface area (Å²) in [4.78, 5) is 0. The molecule has 0 fully saturated rings. The maximum Gasteiger partial charge on any atom is 0.0799 e. The second-order valence-corrected chi connectivity index (χ2v) is 5.20. The first-order valence-electron chi connectivity index (χ1n) is 8.17. The number of aliphatic hydroxyl groups excluding tert-OH is 1. The van der Waals surface area contributed by atoms with Gasteiger partial charge in [-0.25, -0.2) is 0 Å². The predicted molar refractivity (Wildman–Crippen MR) is 85.6 cm³/mol. The first-order valence-corrected chi connectivity index (χ1v) is 8.17. The third-order valence-corrected chi connectivity index (χ3v) is 3.28. The third kappa shape index (κ3) is 17.4. The highest BCUT2D eigenvalue weighted by molar-refractivity contribution is 4.92. The van der Waals surface area contributed by atoms with E-state index in [0.717, 1.165) is 19.3 Å².